The second kappa shape index (κ2) is 5.94. The number of hydrogen-bond donors (Lipinski definition) is 2. The smallest absolute Gasteiger partial charge is 0.115 e. The minimum atomic E-state index is 0.0684. The van der Waals surface area contributed by atoms with E-state index in [-0.39, 0.29) is 11.3 Å². The standard InChI is InChI=1S/C16H22N2OS/c1-16(2,3)14-10-20-15(18-14)12(9-17)7-11-5-4-6-13(19)8-11/h4-6,8,10,12,19H,7,9,17H2,1-3H3. The van der Waals surface area contributed by atoms with Gasteiger partial charge in [0.15, 0.2) is 0 Å². The molecular weight excluding hydrogens is 268 g/mol. The van der Waals surface area contributed by atoms with Crippen LogP contribution in [0, 0.1) is 0 Å². The largest absolute Gasteiger partial charge is 0.508 e. The van der Waals surface area contributed by atoms with Crippen LogP contribution in [0.3, 0.4) is 0 Å². The predicted octanol–water partition coefficient (Wildman–Crippen LogP) is 3.43. The monoisotopic (exact) mass is 290 g/mol. The highest BCUT2D eigenvalue weighted by molar-refractivity contribution is 7.09. The van der Waals surface area contributed by atoms with Gasteiger partial charge in [0.2, 0.25) is 0 Å². The zero-order valence-corrected chi connectivity index (χ0v) is 13.1. The summed E-state index contributed by atoms with van der Waals surface area (Å²) in [4.78, 5) is 4.75. The van der Waals surface area contributed by atoms with Crippen LogP contribution in [0.2, 0.25) is 0 Å². The molecule has 0 aliphatic heterocycles. The van der Waals surface area contributed by atoms with Gasteiger partial charge in [0.1, 0.15) is 5.75 Å². The summed E-state index contributed by atoms with van der Waals surface area (Å²) in [5.41, 5.74) is 8.19. The lowest BCUT2D eigenvalue weighted by molar-refractivity contribution is 0.474. The Hall–Kier alpha value is -1.39. The van der Waals surface area contributed by atoms with Gasteiger partial charge in [0.25, 0.3) is 0 Å². The highest BCUT2D eigenvalue weighted by atomic mass is 32.1. The fourth-order valence-corrected chi connectivity index (χ4v) is 3.22. The normalized spacial score (nSPS) is 13.4. The lowest BCUT2D eigenvalue weighted by Crippen LogP contribution is -2.16. The van der Waals surface area contributed by atoms with Crippen LogP contribution in [0.15, 0.2) is 29.6 Å². The number of thiazole rings is 1. The van der Waals surface area contributed by atoms with Crippen molar-refractivity contribution in [3.63, 3.8) is 0 Å². The first kappa shape index (κ1) is 15.0. The lowest BCUT2D eigenvalue weighted by Gasteiger charge is -2.15. The first-order valence-corrected chi connectivity index (χ1v) is 7.72. The van der Waals surface area contributed by atoms with Crippen molar-refractivity contribution in [3.05, 3.63) is 45.9 Å². The molecule has 2 rings (SSSR count). The maximum Gasteiger partial charge on any atom is 0.115 e. The highest BCUT2D eigenvalue weighted by Gasteiger charge is 2.21. The average molecular weight is 290 g/mol. The summed E-state index contributed by atoms with van der Waals surface area (Å²) in [6.45, 7) is 7.06. The third-order valence-corrected chi connectivity index (χ3v) is 4.32. The number of rotatable bonds is 4. The van der Waals surface area contributed by atoms with Gasteiger partial charge in [0, 0.05) is 23.3 Å². The summed E-state index contributed by atoms with van der Waals surface area (Å²) in [6, 6.07) is 7.35. The zero-order valence-electron chi connectivity index (χ0n) is 12.3. The second-order valence-corrected chi connectivity index (χ2v) is 7.02. The van der Waals surface area contributed by atoms with Gasteiger partial charge in [-0.05, 0) is 24.1 Å². The molecule has 20 heavy (non-hydrogen) atoms. The molecule has 1 heterocycles. The van der Waals surface area contributed by atoms with Gasteiger partial charge in [-0.15, -0.1) is 11.3 Å². The number of phenolic OH excluding ortho intramolecular Hbond substituents is 1. The quantitative estimate of drug-likeness (QED) is 0.907. The van der Waals surface area contributed by atoms with Crippen LogP contribution in [-0.4, -0.2) is 16.6 Å². The molecule has 0 saturated carbocycles. The Morgan fingerprint density at radius 1 is 1.35 bits per heavy atom. The summed E-state index contributed by atoms with van der Waals surface area (Å²) in [5.74, 6) is 0.505. The minimum Gasteiger partial charge on any atom is -0.508 e. The van der Waals surface area contributed by atoms with Crippen LogP contribution in [0.5, 0.6) is 5.75 Å². The Morgan fingerprint density at radius 3 is 2.65 bits per heavy atom. The van der Waals surface area contributed by atoms with Gasteiger partial charge in [0.05, 0.1) is 10.7 Å². The van der Waals surface area contributed by atoms with Crippen LogP contribution in [-0.2, 0) is 11.8 Å². The molecule has 4 heteroatoms. The van der Waals surface area contributed by atoms with E-state index in [9.17, 15) is 5.11 Å². The van der Waals surface area contributed by atoms with Crippen molar-refractivity contribution in [1.82, 2.24) is 4.98 Å². The zero-order chi connectivity index (χ0) is 14.8. The van der Waals surface area contributed by atoms with Gasteiger partial charge in [-0.1, -0.05) is 32.9 Å². The molecule has 108 valence electrons. The maximum atomic E-state index is 9.54. The summed E-state index contributed by atoms with van der Waals surface area (Å²) in [7, 11) is 0. The predicted molar refractivity (Wildman–Crippen MR) is 84.4 cm³/mol. The van der Waals surface area contributed by atoms with Crippen molar-refractivity contribution in [3.8, 4) is 5.75 Å². The van der Waals surface area contributed by atoms with Crippen LogP contribution in [0.25, 0.3) is 0 Å². The Balaban J connectivity index is 2.18. The number of nitrogens with two attached hydrogens (primary N) is 1. The third kappa shape index (κ3) is 3.58. The SMILES string of the molecule is CC(C)(C)c1csc(C(CN)Cc2cccc(O)c2)n1. The molecule has 0 saturated heterocycles. The number of nitrogens with zero attached hydrogens (tertiary/aromatic N) is 1. The van der Waals surface area contributed by atoms with Gasteiger partial charge >= 0.3 is 0 Å². The molecule has 1 atom stereocenters. The average Bonchev–Trinajstić information content (AvgIpc) is 2.85. The van der Waals surface area contributed by atoms with E-state index in [4.69, 9.17) is 10.7 Å². The Morgan fingerprint density at radius 2 is 2.10 bits per heavy atom. The maximum absolute atomic E-state index is 9.54. The van der Waals surface area contributed by atoms with E-state index in [2.05, 4.69) is 26.2 Å². The molecule has 0 fully saturated rings. The van der Waals surface area contributed by atoms with Crippen LogP contribution in [0.1, 0.15) is 43.0 Å². The number of benzene rings is 1. The molecule has 0 amide bonds. The number of aromatic hydroxyl groups is 1. The molecule has 3 N–H and O–H groups in total. The Labute approximate surface area is 124 Å². The van der Waals surface area contributed by atoms with Crippen LogP contribution < -0.4 is 5.73 Å². The van der Waals surface area contributed by atoms with E-state index in [1.54, 1.807) is 23.5 Å². The molecule has 1 aromatic heterocycles. The molecule has 1 aromatic carbocycles. The van der Waals surface area contributed by atoms with Gasteiger partial charge in [-0.2, -0.15) is 0 Å². The van der Waals surface area contributed by atoms with Crippen molar-refractivity contribution in [2.24, 2.45) is 5.73 Å². The second-order valence-electron chi connectivity index (χ2n) is 6.13. The topological polar surface area (TPSA) is 59.1 Å². The third-order valence-electron chi connectivity index (χ3n) is 3.32. The first-order valence-electron chi connectivity index (χ1n) is 6.84. The molecule has 3 nitrogen and oxygen atoms in total. The van der Waals surface area contributed by atoms with Crippen LogP contribution >= 0.6 is 11.3 Å². The molecule has 1 unspecified atom stereocenters. The summed E-state index contributed by atoms with van der Waals surface area (Å²) in [6.07, 6.45) is 0.808. The molecule has 0 radical (unpaired) electrons. The summed E-state index contributed by atoms with van der Waals surface area (Å²) < 4.78 is 0. The van der Waals surface area contributed by atoms with Gasteiger partial charge in [-0.25, -0.2) is 4.98 Å². The Bertz CT molecular complexity index is 572. The highest BCUT2D eigenvalue weighted by Crippen LogP contribution is 2.29. The van der Waals surface area contributed by atoms with Gasteiger partial charge < -0.3 is 10.8 Å². The molecule has 0 spiro atoms. The van der Waals surface area contributed by atoms with Crippen LogP contribution in [0.4, 0.5) is 0 Å². The molecule has 0 aliphatic carbocycles. The fraction of sp³-hybridized carbons (Fsp3) is 0.438. The Kier molecular flexibility index (Phi) is 4.45. The van der Waals surface area contributed by atoms with Crippen molar-refractivity contribution in [2.45, 2.75) is 38.5 Å². The van der Waals surface area contributed by atoms with E-state index in [1.165, 1.54) is 0 Å². The van der Waals surface area contributed by atoms with E-state index in [1.807, 2.05) is 12.1 Å². The number of phenols is 1. The summed E-state index contributed by atoms with van der Waals surface area (Å²) >= 11 is 1.68. The van der Waals surface area contributed by atoms with Gasteiger partial charge in [-0.3, -0.25) is 0 Å². The molecular formula is C16H22N2OS. The molecule has 0 aliphatic rings. The minimum absolute atomic E-state index is 0.0684. The number of aromatic nitrogens is 1. The van der Waals surface area contributed by atoms with E-state index < -0.39 is 0 Å². The van der Waals surface area contributed by atoms with Crippen molar-refractivity contribution in [2.75, 3.05) is 6.54 Å². The fourth-order valence-electron chi connectivity index (χ4n) is 2.06. The first-order chi connectivity index (χ1) is 9.40. The molecule has 2 aromatic rings. The molecule has 0 bridgehead atoms. The van der Waals surface area contributed by atoms with E-state index in [0.717, 1.165) is 22.7 Å². The van der Waals surface area contributed by atoms with E-state index in [0.29, 0.717) is 12.3 Å². The van der Waals surface area contributed by atoms with Crippen molar-refractivity contribution in [1.29, 1.82) is 0 Å². The van der Waals surface area contributed by atoms with E-state index >= 15 is 0 Å². The number of hydrogen-bond acceptors (Lipinski definition) is 4. The lowest BCUT2D eigenvalue weighted by atomic mass is 9.93. The van der Waals surface area contributed by atoms with Crippen molar-refractivity contribution >= 4 is 11.3 Å². The van der Waals surface area contributed by atoms with Crippen molar-refractivity contribution < 1.29 is 5.11 Å². The summed E-state index contributed by atoms with van der Waals surface area (Å²) in [5, 5.41) is 12.7.